The number of aromatic nitrogens is 6. The van der Waals surface area contributed by atoms with Crippen LogP contribution in [0.2, 0.25) is 0 Å². The van der Waals surface area contributed by atoms with Gasteiger partial charge in [-0.05, 0) is 72.7 Å². The lowest BCUT2D eigenvalue weighted by molar-refractivity contribution is 0.145. The average Bonchev–Trinajstić information content (AvgIpc) is 3.34. The van der Waals surface area contributed by atoms with E-state index in [1.54, 1.807) is 6.20 Å². The second-order valence-corrected chi connectivity index (χ2v) is 9.85. The van der Waals surface area contributed by atoms with Crippen LogP contribution in [0.1, 0.15) is 75.5 Å². The Morgan fingerprint density at radius 3 is 2.69 bits per heavy atom. The summed E-state index contributed by atoms with van der Waals surface area (Å²) in [5, 5.41) is 14.0. The first-order valence-electron chi connectivity index (χ1n) is 12.4. The molecule has 4 aromatic rings. The van der Waals surface area contributed by atoms with Gasteiger partial charge in [0.2, 0.25) is 0 Å². The first-order chi connectivity index (χ1) is 16.8. The van der Waals surface area contributed by atoms with E-state index in [-0.39, 0.29) is 17.1 Å². The molecule has 35 heavy (non-hydrogen) atoms. The third kappa shape index (κ3) is 5.32. The maximum Gasteiger partial charge on any atom is 0.252 e. The van der Waals surface area contributed by atoms with Gasteiger partial charge in [0.15, 0.2) is 5.82 Å². The van der Waals surface area contributed by atoms with Crippen LogP contribution in [-0.4, -0.2) is 35.1 Å². The van der Waals surface area contributed by atoms with Crippen molar-refractivity contribution in [3.63, 3.8) is 0 Å². The molecule has 8 nitrogen and oxygen atoms in total. The molecule has 8 heteroatoms. The van der Waals surface area contributed by atoms with Crippen LogP contribution in [0, 0.1) is 6.92 Å². The summed E-state index contributed by atoms with van der Waals surface area (Å²) in [5.41, 5.74) is 3.47. The highest BCUT2D eigenvalue weighted by atomic mass is 16.1. The van der Waals surface area contributed by atoms with Gasteiger partial charge in [0.25, 0.3) is 5.56 Å². The van der Waals surface area contributed by atoms with Crippen LogP contribution >= 0.6 is 0 Å². The molecular formula is C27H35N7O. The highest BCUT2D eigenvalue weighted by Crippen LogP contribution is 2.31. The Balaban J connectivity index is 1.79. The van der Waals surface area contributed by atoms with Gasteiger partial charge in [-0.3, -0.25) is 14.7 Å². The van der Waals surface area contributed by atoms with E-state index in [4.69, 9.17) is 0 Å². The topological polar surface area (TPSA) is 92.6 Å². The minimum absolute atomic E-state index is 0.0614. The zero-order valence-corrected chi connectivity index (χ0v) is 21.3. The third-order valence-corrected chi connectivity index (χ3v) is 6.88. The first-order valence-corrected chi connectivity index (χ1v) is 12.4. The molecule has 0 aliphatic carbocycles. The van der Waals surface area contributed by atoms with Crippen molar-refractivity contribution in [2.75, 3.05) is 0 Å². The van der Waals surface area contributed by atoms with Crippen LogP contribution in [0.5, 0.6) is 0 Å². The SMILES string of the molecule is CCC[C@H](c1nnnn1C(C)(C)CC)N(Cc1cccnc1)Cc1cc2cccc(C)c2[nH]c1=O. The van der Waals surface area contributed by atoms with Crippen molar-refractivity contribution >= 4 is 10.9 Å². The number of pyridine rings is 2. The van der Waals surface area contributed by atoms with Crippen molar-refractivity contribution in [2.24, 2.45) is 0 Å². The maximum absolute atomic E-state index is 13.2. The second kappa shape index (κ2) is 10.5. The van der Waals surface area contributed by atoms with Gasteiger partial charge in [0, 0.05) is 31.0 Å². The number of tetrazole rings is 1. The molecule has 0 radical (unpaired) electrons. The molecule has 0 fully saturated rings. The Bertz CT molecular complexity index is 1330. The van der Waals surface area contributed by atoms with Crippen LogP contribution in [0.15, 0.2) is 53.6 Å². The van der Waals surface area contributed by atoms with Gasteiger partial charge in [0.1, 0.15) is 0 Å². The predicted molar refractivity (Wildman–Crippen MR) is 138 cm³/mol. The molecule has 0 saturated heterocycles. The van der Waals surface area contributed by atoms with Gasteiger partial charge in [-0.2, -0.15) is 0 Å². The van der Waals surface area contributed by atoms with E-state index in [0.717, 1.165) is 52.7 Å². The number of aromatic amines is 1. The predicted octanol–water partition coefficient (Wildman–Crippen LogP) is 4.91. The van der Waals surface area contributed by atoms with E-state index in [0.29, 0.717) is 13.1 Å². The summed E-state index contributed by atoms with van der Waals surface area (Å²) in [6.45, 7) is 11.7. The first kappa shape index (κ1) is 24.7. The Morgan fingerprint density at radius 1 is 1.14 bits per heavy atom. The zero-order valence-electron chi connectivity index (χ0n) is 21.3. The highest BCUT2D eigenvalue weighted by Gasteiger charge is 2.31. The summed E-state index contributed by atoms with van der Waals surface area (Å²) in [6, 6.07) is 12.0. The smallest absolute Gasteiger partial charge is 0.252 e. The average molecular weight is 474 g/mol. The van der Waals surface area contributed by atoms with Gasteiger partial charge in [-0.15, -0.1) is 5.10 Å². The van der Waals surface area contributed by atoms with Crippen molar-refractivity contribution in [3.8, 4) is 0 Å². The van der Waals surface area contributed by atoms with E-state index in [9.17, 15) is 4.79 Å². The van der Waals surface area contributed by atoms with Gasteiger partial charge in [-0.1, -0.05) is 44.5 Å². The summed E-state index contributed by atoms with van der Waals surface area (Å²) in [7, 11) is 0. The largest absolute Gasteiger partial charge is 0.321 e. The van der Waals surface area contributed by atoms with Crippen LogP contribution < -0.4 is 5.56 Å². The summed E-state index contributed by atoms with van der Waals surface area (Å²) in [5.74, 6) is 0.829. The van der Waals surface area contributed by atoms with Crippen LogP contribution in [0.25, 0.3) is 10.9 Å². The fourth-order valence-electron chi connectivity index (χ4n) is 4.50. The molecule has 184 valence electrons. The zero-order chi connectivity index (χ0) is 25.0. The van der Waals surface area contributed by atoms with Crippen LogP contribution in [-0.2, 0) is 18.6 Å². The monoisotopic (exact) mass is 473 g/mol. The molecule has 3 heterocycles. The molecule has 1 aromatic carbocycles. The molecule has 0 bridgehead atoms. The quantitative estimate of drug-likeness (QED) is 0.352. The fourth-order valence-corrected chi connectivity index (χ4v) is 4.50. The lowest BCUT2D eigenvalue weighted by Crippen LogP contribution is -2.36. The van der Waals surface area contributed by atoms with Crippen molar-refractivity contribution < 1.29 is 0 Å². The summed E-state index contributed by atoms with van der Waals surface area (Å²) in [6.07, 6.45) is 6.38. The molecule has 4 rings (SSSR count). The molecule has 0 saturated carbocycles. The fraction of sp³-hybridized carbons (Fsp3) is 0.444. The summed E-state index contributed by atoms with van der Waals surface area (Å²) in [4.78, 5) is 22.9. The molecule has 0 spiro atoms. The third-order valence-electron chi connectivity index (χ3n) is 6.88. The van der Waals surface area contributed by atoms with E-state index >= 15 is 0 Å². The minimum Gasteiger partial charge on any atom is -0.321 e. The number of rotatable bonds is 10. The summed E-state index contributed by atoms with van der Waals surface area (Å²) >= 11 is 0. The van der Waals surface area contributed by atoms with Gasteiger partial charge >= 0.3 is 0 Å². The number of benzene rings is 1. The van der Waals surface area contributed by atoms with E-state index < -0.39 is 0 Å². The van der Waals surface area contributed by atoms with Gasteiger partial charge in [0.05, 0.1) is 17.1 Å². The standard InChI is InChI=1S/C27H35N7O/c1-6-10-23(25-30-31-32-34(25)27(4,5)7-2)33(17-20-12-9-14-28-16-20)18-22-15-21-13-8-11-19(3)24(21)29-26(22)35/h8-9,11-16,23H,6-7,10,17-18H2,1-5H3,(H,29,35)/t23-/m1/s1. The number of H-pyrrole nitrogens is 1. The molecule has 0 aliphatic rings. The van der Waals surface area contributed by atoms with Crippen LogP contribution in [0.4, 0.5) is 0 Å². The number of nitrogens with zero attached hydrogens (tertiary/aromatic N) is 6. The molecule has 0 unspecified atom stereocenters. The van der Waals surface area contributed by atoms with E-state index in [1.165, 1.54) is 0 Å². The van der Waals surface area contributed by atoms with Gasteiger partial charge < -0.3 is 4.98 Å². The molecular weight excluding hydrogens is 438 g/mol. The van der Waals surface area contributed by atoms with Crippen molar-refractivity contribution in [1.82, 2.24) is 35.1 Å². The van der Waals surface area contributed by atoms with Crippen molar-refractivity contribution in [3.05, 3.63) is 81.7 Å². The normalized spacial score (nSPS) is 13.0. The lowest BCUT2D eigenvalue weighted by Gasteiger charge is -2.33. The molecule has 0 aliphatic heterocycles. The van der Waals surface area contributed by atoms with Crippen molar-refractivity contribution in [2.45, 2.75) is 78.6 Å². The summed E-state index contributed by atoms with van der Waals surface area (Å²) < 4.78 is 1.96. The van der Waals surface area contributed by atoms with Gasteiger partial charge in [-0.25, -0.2) is 4.68 Å². The van der Waals surface area contributed by atoms with Crippen molar-refractivity contribution in [1.29, 1.82) is 0 Å². The number of fused-ring (bicyclic) bond motifs is 1. The Kier molecular flexibility index (Phi) is 7.40. The molecule has 0 amide bonds. The maximum atomic E-state index is 13.2. The molecule has 3 aromatic heterocycles. The van der Waals surface area contributed by atoms with Crippen LogP contribution in [0.3, 0.4) is 0 Å². The number of hydrogen-bond acceptors (Lipinski definition) is 6. The Hall–Kier alpha value is -3.39. The molecule has 1 atom stereocenters. The van der Waals surface area contributed by atoms with E-state index in [2.05, 4.69) is 64.2 Å². The van der Waals surface area contributed by atoms with E-state index in [1.807, 2.05) is 48.1 Å². The lowest BCUT2D eigenvalue weighted by atomic mass is 10.0. The highest BCUT2D eigenvalue weighted by molar-refractivity contribution is 5.81. The minimum atomic E-state index is -0.219. The number of nitrogens with one attached hydrogen (secondary N) is 1. The number of para-hydroxylation sites is 1. The molecule has 1 N–H and O–H groups in total. The Morgan fingerprint density at radius 2 is 1.97 bits per heavy atom. The number of hydrogen-bond donors (Lipinski definition) is 1. The Labute approximate surface area is 206 Å². The number of aryl methyl sites for hydroxylation is 1. The second-order valence-electron chi connectivity index (χ2n) is 9.85.